The Labute approximate surface area is 187 Å². The van der Waals surface area contributed by atoms with Crippen LogP contribution in [0.15, 0.2) is 66.7 Å². The molecule has 2 aromatic carbocycles. The van der Waals surface area contributed by atoms with Gasteiger partial charge in [0, 0.05) is 17.8 Å². The fourth-order valence-electron chi connectivity index (χ4n) is 3.69. The van der Waals surface area contributed by atoms with Crippen LogP contribution in [0.4, 0.5) is 0 Å². The van der Waals surface area contributed by atoms with Crippen molar-refractivity contribution in [3.05, 3.63) is 89.2 Å². The van der Waals surface area contributed by atoms with E-state index in [9.17, 15) is 14.7 Å². The number of aliphatic carboxylic acids is 1. The van der Waals surface area contributed by atoms with Crippen LogP contribution < -0.4 is 4.74 Å². The molecule has 0 saturated heterocycles. The number of aryl methyl sites for hydroxylation is 2. The van der Waals surface area contributed by atoms with Crippen LogP contribution in [0.1, 0.15) is 35.9 Å². The molecule has 1 aromatic heterocycles. The van der Waals surface area contributed by atoms with E-state index in [-0.39, 0.29) is 19.0 Å². The Balaban J connectivity index is 2.23. The second-order valence-corrected chi connectivity index (χ2v) is 7.49. The molecule has 0 spiro atoms. The average Bonchev–Trinajstić information content (AvgIpc) is 2.79. The number of nitrogens with zero attached hydrogens (tertiary/aromatic N) is 2. The van der Waals surface area contributed by atoms with E-state index in [0.717, 1.165) is 0 Å². The third-order valence-corrected chi connectivity index (χ3v) is 5.18. The fraction of sp³-hybridized carbons (Fsp3) is 0.280. The molecule has 3 rings (SSSR count). The molecule has 166 valence electrons. The number of hydrogen-bond acceptors (Lipinski definition) is 6. The number of carboxylic acids is 1. The third kappa shape index (κ3) is 4.94. The first-order valence-electron chi connectivity index (χ1n) is 10.3. The highest BCUT2D eigenvalue weighted by Crippen LogP contribution is 2.38. The first-order chi connectivity index (χ1) is 15.4. The number of ether oxygens (including phenoxy) is 2. The van der Waals surface area contributed by atoms with Crippen molar-refractivity contribution < 1.29 is 24.2 Å². The van der Waals surface area contributed by atoms with Crippen LogP contribution >= 0.6 is 0 Å². The highest BCUT2D eigenvalue weighted by molar-refractivity contribution is 5.77. The van der Waals surface area contributed by atoms with E-state index >= 15 is 0 Å². The van der Waals surface area contributed by atoms with E-state index in [1.54, 1.807) is 75.4 Å². The van der Waals surface area contributed by atoms with Crippen LogP contribution in [-0.2, 0) is 19.7 Å². The molecule has 0 bridgehead atoms. The summed E-state index contributed by atoms with van der Waals surface area (Å²) in [7, 11) is 0. The van der Waals surface area contributed by atoms with Gasteiger partial charge in [0.05, 0.1) is 0 Å². The molecule has 0 fully saturated rings. The molecular formula is C25H26N2O5. The average molecular weight is 434 g/mol. The van der Waals surface area contributed by atoms with E-state index in [1.165, 1.54) is 0 Å². The zero-order valence-electron chi connectivity index (χ0n) is 18.3. The standard InChI is InChI=1S/C25H26N2O5/c1-4-21(28)31-16-25(19-11-7-5-8-12-19,20-13-9-6-10-14-20)22(23(29)30)32-24-26-17(2)15-18(3)27-24/h5-15,22H,4,16H2,1-3H3,(H,29,30). The molecule has 0 radical (unpaired) electrons. The predicted molar refractivity (Wildman–Crippen MR) is 118 cm³/mol. The Morgan fingerprint density at radius 2 is 1.44 bits per heavy atom. The van der Waals surface area contributed by atoms with Crippen molar-refractivity contribution in [1.82, 2.24) is 9.97 Å². The second-order valence-electron chi connectivity index (χ2n) is 7.49. The van der Waals surface area contributed by atoms with E-state index in [1.807, 2.05) is 12.1 Å². The van der Waals surface area contributed by atoms with Gasteiger partial charge in [-0.1, -0.05) is 67.6 Å². The number of carbonyl (C=O) groups is 2. The summed E-state index contributed by atoms with van der Waals surface area (Å²) in [5, 5.41) is 10.3. The third-order valence-electron chi connectivity index (χ3n) is 5.18. The highest BCUT2D eigenvalue weighted by Gasteiger charge is 2.50. The number of esters is 1. The summed E-state index contributed by atoms with van der Waals surface area (Å²) in [6, 6.07) is 19.8. The maximum atomic E-state index is 12.7. The van der Waals surface area contributed by atoms with Crippen molar-refractivity contribution in [2.75, 3.05) is 6.61 Å². The van der Waals surface area contributed by atoms with E-state index in [0.29, 0.717) is 22.5 Å². The van der Waals surface area contributed by atoms with Gasteiger partial charge < -0.3 is 14.6 Å². The lowest BCUT2D eigenvalue weighted by Gasteiger charge is -2.38. The molecule has 7 nitrogen and oxygen atoms in total. The molecule has 0 saturated carbocycles. The van der Waals surface area contributed by atoms with Gasteiger partial charge in [0.15, 0.2) is 0 Å². The summed E-state index contributed by atoms with van der Waals surface area (Å²) in [6.07, 6.45) is -1.31. The molecular weight excluding hydrogens is 408 g/mol. The second kappa shape index (κ2) is 10.0. The van der Waals surface area contributed by atoms with Gasteiger partial charge in [-0.2, -0.15) is 0 Å². The lowest BCUT2D eigenvalue weighted by molar-refractivity contribution is -0.155. The van der Waals surface area contributed by atoms with Gasteiger partial charge in [0.2, 0.25) is 6.10 Å². The van der Waals surface area contributed by atoms with Crippen molar-refractivity contribution >= 4 is 11.9 Å². The van der Waals surface area contributed by atoms with Crippen molar-refractivity contribution in [3.63, 3.8) is 0 Å². The van der Waals surface area contributed by atoms with E-state index in [4.69, 9.17) is 9.47 Å². The number of rotatable bonds is 9. The summed E-state index contributed by atoms with van der Waals surface area (Å²) in [4.78, 5) is 33.3. The van der Waals surface area contributed by atoms with Crippen LogP contribution in [0.3, 0.4) is 0 Å². The van der Waals surface area contributed by atoms with Crippen molar-refractivity contribution in [2.45, 2.75) is 38.7 Å². The Morgan fingerprint density at radius 1 is 0.938 bits per heavy atom. The van der Waals surface area contributed by atoms with Crippen LogP contribution in [0.2, 0.25) is 0 Å². The summed E-state index contributed by atoms with van der Waals surface area (Å²) in [5.41, 5.74) is 1.22. The normalized spacial score (nSPS) is 12.1. The topological polar surface area (TPSA) is 98.6 Å². The smallest absolute Gasteiger partial charge is 0.346 e. The molecule has 1 atom stereocenters. The molecule has 32 heavy (non-hydrogen) atoms. The van der Waals surface area contributed by atoms with Gasteiger partial charge in [0.1, 0.15) is 12.0 Å². The number of carbonyl (C=O) groups excluding carboxylic acids is 1. The van der Waals surface area contributed by atoms with Crippen LogP contribution in [0, 0.1) is 13.8 Å². The molecule has 1 unspecified atom stereocenters. The Kier molecular flexibility index (Phi) is 7.20. The molecule has 1 N–H and O–H groups in total. The minimum atomic E-state index is -1.47. The molecule has 0 aliphatic carbocycles. The summed E-state index contributed by atoms with van der Waals surface area (Å²) >= 11 is 0. The number of carboxylic acid groups (broad SMARTS) is 1. The predicted octanol–water partition coefficient (Wildman–Crippen LogP) is 3.86. The SMILES string of the molecule is CCC(=O)OCC(c1ccccc1)(c1ccccc1)C(Oc1nc(C)cc(C)n1)C(=O)O. The zero-order valence-corrected chi connectivity index (χ0v) is 18.3. The molecule has 7 heteroatoms. The van der Waals surface area contributed by atoms with Gasteiger partial charge in [0.25, 0.3) is 0 Å². The van der Waals surface area contributed by atoms with Crippen LogP contribution in [-0.4, -0.2) is 39.7 Å². The lowest BCUT2D eigenvalue weighted by atomic mass is 9.70. The van der Waals surface area contributed by atoms with Crippen LogP contribution in [0.5, 0.6) is 6.01 Å². The maximum absolute atomic E-state index is 12.7. The molecule has 0 aliphatic heterocycles. The zero-order chi connectivity index (χ0) is 23.1. The largest absolute Gasteiger partial charge is 0.478 e. The quantitative estimate of drug-likeness (QED) is 0.511. The molecule has 3 aromatic rings. The first kappa shape index (κ1) is 22.9. The fourth-order valence-corrected chi connectivity index (χ4v) is 3.69. The highest BCUT2D eigenvalue weighted by atomic mass is 16.5. The Morgan fingerprint density at radius 3 is 1.88 bits per heavy atom. The van der Waals surface area contributed by atoms with Gasteiger partial charge in [-0.3, -0.25) is 4.79 Å². The van der Waals surface area contributed by atoms with Crippen LogP contribution in [0.25, 0.3) is 0 Å². The Hall–Kier alpha value is -3.74. The number of benzene rings is 2. The van der Waals surface area contributed by atoms with Gasteiger partial charge in [-0.25, -0.2) is 14.8 Å². The van der Waals surface area contributed by atoms with Gasteiger partial charge >= 0.3 is 17.9 Å². The summed E-state index contributed by atoms with van der Waals surface area (Å²) < 4.78 is 11.5. The van der Waals surface area contributed by atoms with Crippen molar-refractivity contribution in [2.24, 2.45) is 0 Å². The van der Waals surface area contributed by atoms with Crippen molar-refractivity contribution in [1.29, 1.82) is 0 Å². The Bertz CT molecular complexity index is 1010. The molecule has 1 heterocycles. The van der Waals surface area contributed by atoms with E-state index in [2.05, 4.69) is 9.97 Å². The molecule has 0 amide bonds. The summed E-state index contributed by atoms with van der Waals surface area (Å²) in [6.45, 7) is 5.02. The minimum absolute atomic E-state index is 0.0482. The monoisotopic (exact) mass is 434 g/mol. The van der Waals surface area contributed by atoms with E-state index < -0.39 is 23.5 Å². The van der Waals surface area contributed by atoms with Gasteiger partial charge in [-0.15, -0.1) is 0 Å². The van der Waals surface area contributed by atoms with Gasteiger partial charge in [-0.05, 0) is 31.0 Å². The lowest BCUT2D eigenvalue weighted by Crippen LogP contribution is -2.52. The molecule has 0 aliphatic rings. The maximum Gasteiger partial charge on any atom is 0.346 e. The number of aromatic nitrogens is 2. The minimum Gasteiger partial charge on any atom is -0.478 e. The van der Waals surface area contributed by atoms with Crippen molar-refractivity contribution in [3.8, 4) is 6.01 Å². The number of hydrogen-bond donors (Lipinski definition) is 1. The first-order valence-corrected chi connectivity index (χ1v) is 10.3. The summed E-state index contributed by atoms with van der Waals surface area (Å²) in [5.74, 6) is -1.67.